The quantitative estimate of drug-likeness (QED) is 0.839. The van der Waals surface area contributed by atoms with Crippen LogP contribution in [-0.2, 0) is 11.2 Å². The first-order chi connectivity index (χ1) is 8.78. The van der Waals surface area contributed by atoms with Gasteiger partial charge >= 0.3 is 0 Å². The van der Waals surface area contributed by atoms with Crippen LogP contribution in [0.1, 0.15) is 18.4 Å². The van der Waals surface area contributed by atoms with Crippen LogP contribution in [0.5, 0.6) is 5.75 Å². The predicted octanol–water partition coefficient (Wildman–Crippen LogP) is 1.11. The molecule has 0 aromatic heterocycles. The number of piperidine rings is 1. The molecule has 4 nitrogen and oxygen atoms in total. The number of hydrogen-bond donors (Lipinski definition) is 2. The number of carbonyl (C=O) groups is 1. The van der Waals surface area contributed by atoms with Crippen molar-refractivity contribution in [2.45, 2.75) is 25.3 Å². The summed E-state index contributed by atoms with van der Waals surface area (Å²) in [7, 11) is 1.63. The van der Waals surface area contributed by atoms with Crippen molar-refractivity contribution in [3.05, 3.63) is 29.8 Å². The van der Waals surface area contributed by atoms with Crippen LogP contribution in [0.4, 0.5) is 0 Å². The lowest BCUT2D eigenvalue weighted by molar-refractivity contribution is -0.121. The second-order valence-corrected chi connectivity index (χ2v) is 4.62. The highest BCUT2D eigenvalue weighted by molar-refractivity contribution is 5.79. The van der Waals surface area contributed by atoms with E-state index in [1.54, 1.807) is 7.11 Å². The van der Waals surface area contributed by atoms with Crippen molar-refractivity contribution in [2.75, 3.05) is 20.2 Å². The predicted molar refractivity (Wildman–Crippen MR) is 70.7 cm³/mol. The number of nitrogens with one attached hydrogen (secondary N) is 2. The number of methoxy groups -OCH3 is 1. The van der Waals surface area contributed by atoms with Crippen molar-refractivity contribution in [3.8, 4) is 5.75 Å². The molecule has 1 aliphatic heterocycles. The van der Waals surface area contributed by atoms with E-state index < -0.39 is 0 Å². The van der Waals surface area contributed by atoms with Gasteiger partial charge in [-0.25, -0.2) is 0 Å². The molecule has 1 aliphatic rings. The van der Waals surface area contributed by atoms with Crippen LogP contribution in [0.2, 0.25) is 0 Å². The molecule has 1 fully saturated rings. The standard InChI is InChI=1S/C14H20N2O2/c1-18-13-4-2-3-11(9-13)10-14(17)16-12-5-7-15-8-6-12/h2-4,9,12,15H,5-8,10H2,1H3,(H,16,17). The van der Waals surface area contributed by atoms with Crippen LogP contribution in [-0.4, -0.2) is 32.1 Å². The third-order valence-electron chi connectivity index (χ3n) is 3.20. The summed E-state index contributed by atoms with van der Waals surface area (Å²) in [6, 6.07) is 7.97. The molecule has 0 saturated carbocycles. The molecule has 0 atom stereocenters. The molecule has 1 heterocycles. The molecule has 1 aromatic carbocycles. The summed E-state index contributed by atoms with van der Waals surface area (Å²) in [5.74, 6) is 0.886. The van der Waals surface area contributed by atoms with Gasteiger partial charge < -0.3 is 15.4 Å². The lowest BCUT2D eigenvalue weighted by Gasteiger charge is -2.23. The Balaban J connectivity index is 1.85. The fourth-order valence-electron chi connectivity index (χ4n) is 2.21. The first-order valence-electron chi connectivity index (χ1n) is 6.41. The van der Waals surface area contributed by atoms with Crippen LogP contribution < -0.4 is 15.4 Å². The summed E-state index contributed by atoms with van der Waals surface area (Å²) in [4.78, 5) is 11.9. The molecule has 0 aliphatic carbocycles. The van der Waals surface area contributed by atoms with E-state index in [1.807, 2.05) is 24.3 Å². The Morgan fingerprint density at radius 1 is 1.44 bits per heavy atom. The smallest absolute Gasteiger partial charge is 0.224 e. The molecular formula is C14H20N2O2. The van der Waals surface area contributed by atoms with Gasteiger partial charge in [0.05, 0.1) is 13.5 Å². The van der Waals surface area contributed by atoms with E-state index in [2.05, 4.69) is 10.6 Å². The first-order valence-corrected chi connectivity index (χ1v) is 6.41. The van der Waals surface area contributed by atoms with E-state index >= 15 is 0 Å². The van der Waals surface area contributed by atoms with Gasteiger partial charge in [0.2, 0.25) is 5.91 Å². The van der Waals surface area contributed by atoms with E-state index in [9.17, 15) is 4.79 Å². The molecule has 0 bridgehead atoms. The van der Waals surface area contributed by atoms with Crippen LogP contribution >= 0.6 is 0 Å². The number of ether oxygens (including phenoxy) is 1. The van der Waals surface area contributed by atoms with Crippen molar-refractivity contribution in [1.29, 1.82) is 0 Å². The van der Waals surface area contributed by atoms with Gasteiger partial charge in [0.15, 0.2) is 0 Å². The summed E-state index contributed by atoms with van der Waals surface area (Å²) >= 11 is 0. The molecule has 18 heavy (non-hydrogen) atoms. The third-order valence-corrected chi connectivity index (χ3v) is 3.20. The van der Waals surface area contributed by atoms with Crippen LogP contribution in [0.3, 0.4) is 0 Å². The Hall–Kier alpha value is -1.55. The SMILES string of the molecule is COc1cccc(CC(=O)NC2CCNCC2)c1. The maximum absolute atomic E-state index is 11.9. The molecule has 4 heteroatoms. The normalized spacial score (nSPS) is 16.3. The fourth-order valence-corrected chi connectivity index (χ4v) is 2.21. The Bertz CT molecular complexity index is 401. The fraction of sp³-hybridized carbons (Fsp3) is 0.500. The molecule has 1 saturated heterocycles. The summed E-state index contributed by atoms with van der Waals surface area (Å²) < 4.78 is 5.15. The van der Waals surface area contributed by atoms with Crippen molar-refractivity contribution < 1.29 is 9.53 Å². The highest BCUT2D eigenvalue weighted by atomic mass is 16.5. The summed E-state index contributed by atoms with van der Waals surface area (Å²) in [5.41, 5.74) is 0.987. The highest BCUT2D eigenvalue weighted by Gasteiger charge is 2.15. The van der Waals surface area contributed by atoms with Crippen LogP contribution in [0.15, 0.2) is 24.3 Å². The molecule has 0 spiro atoms. The maximum Gasteiger partial charge on any atom is 0.224 e. The van der Waals surface area contributed by atoms with E-state index in [1.165, 1.54) is 0 Å². The molecule has 1 aromatic rings. The topological polar surface area (TPSA) is 50.4 Å². The summed E-state index contributed by atoms with van der Waals surface area (Å²) in [5, 5.41) is 6.37. The van der Waals surface area contributed by atoms with Gasteiger partial charge in [0.1, 0.15) is 5.75 Å². The van der Waals surface area contributed by atoms with Gasteiger partial charge in [-0.05, 0) is 43.6 Å². The lowest BCUT2D eigenvalue weighted by atomic mass is 10.1. The number of carbonyl (C=O) groups excluding carboxylic acids is 1. The second-order valence-electron chi connectivity index (χ2n) is 4.62. The monoisotopic (exact) mass is 248 g/mol. The average molecular weight is 248 g/mol. The number of amides is 1. The van der Waals surface area contributed by atoms with Crippen molar-refractivity contribution in [2.24, 2.45) is 0 Å². The van der Waals surface area contributed by atoms with E-state index in [0.29, 0.717) is 12.5 Å². The Morgan fingerprint density at radius 3 is 2.94 bits per heavy atom. The van der Waals surface area contributed by atoms with Crippen LogP contribution in [0.25, 0.3) is 0 Å². The van der Waals surface area contributed by atoms with Gasteiger partial charge in [-0.1, -0.05) is 12.1 Å². The Morgan fingerprint density at radius 2 is 2.22 bits per heavy atom. The minimum Gasteiger partial charge on any atom is -0.497 e. The van der Waals surface area contributed by atoms with Crippen molar-refractivity contribution in [3.63, 3.8) is 0 Å². The molecule has 98 valence electrons. The molecule has 1 amide bonds. The minimum absolute atomic E-state index is 0.0927. The first kappa shape index (κ1) is 12.9. The van der Waals surface area contributed by atoms with Crippen LogP contribution in [0, 0.1) is 0 Å². The van der Waals surface area contributed by atoms with Gasteiger partial charge in [0.25, 0.3) is 0 Å². The maximum atomic E-state index is 11.9. The highest BCUT2D eigenvalue weighted by Crippen LogP contribution is 2.13. The largest absolute Gasteiger partial charge is 0.497 e. The molecular weight excluding hydrogens is 228 g/mol. The van der Waals surface area contributed by atoms with Gasteiger partial charge in [0, 0.05) is 6.04 Å². The zero-order valence-corrected chi connectivity index (χ0v) is 10.7. The van der Waals surface area contributed by atoms with Crippen molar-refractivity contribution in [1.82, 2.24) is 10.6 Å². The average Bonchev–Trinajstić information content (AvgIpc) is 2.40. The van der Waals surface area contributed by atoms with E-state index in [4.69, 9.17) is 4.74 Å². The van der Waals surface area contributed by atoms with Crippen molar-refractivity contribution >= 4 is 5.91 Å². The molecule has 2 N–H and O–H groups in total. The Kier molecular flexibility index (Phi) is 4.59. The number of rotatable bonds is 4. The molecule has 2 rings (SSSR count). The van der Waals surface area contributed by atoms with Gasteiger partial charge in [-0.3, -0.25) is 4.79 Å². The Labute approximate surface area is 108 Å². The van der Waals surface area contributed by atoms with E-state index in [0.717, 1.165) is 37.2 Å². The molecule has 0 radical (unpaired) electrons. The van der Waals surface area contributed by atoms with Gasteiger partial charge in [-0.2, -0.15) is 0 Å². The zero-order valence-electron chi connectivity index (χ0n) is 10.7. The second kappa shape index (κ2) is 6.40. The zero-order chi connectivity index (χ0) is 12.8. The summed E-state index contributed by atoms with van der Waals surface area (Å²) in [6.07, 6.45) is 2.45. The molecule has 0 unspecified atom stereocenters. The lowest BCUT2D eigenvalue weighted by Crippen LogP contribution is -2.43. The summed E-state index contributed by atoms with van der Waals surface area (Å²) in [6.45, 7) is 1.98. The van der Waals surface area contributed by atoms with E-state index in [-0.39, 0.29) is 5.91 Å². The number of hydrogen-bond acceptors (Lipinski definition) is 3. The van der Waals surface area contributed by atoms with Gasteiger partial charge in [-0.15, -0.1) is 0 Å². The number of benzene rings is 1. The third kappa shape index (κ3) is 3.74. The minimum atomic E-state index is 0.0927.